The molecule has 0 aliphatic rings. The summed E-state index contributed by atoms with van der Waals surface area (Å²) < 4.78 is 24.3. The zero-order valence-corrected chi connectivity index (χ0v) is 16.3. The molecule has 0 bridgehead atoms. The number of carbonyl (C=O) groups is 2. The molecule has 0 radical (unpaired) electrons. The van der Waals surface area contributed by atoms with Gasteiger partial charge in [-0.3, -0.25) is 9.59 Å². The van der Waals surface area contributed by atoms with Gasteiger partial charge < -0.3 is 9.47 Å². The van der Waals surface area contributed by atoms with Crippen LogP contribution in [0.2, 0.25) is 0 Å². The van der Waals surface area contributed by atoms with Gasteiger partial charge in [0, 0.05) is 4.88 Å². The number of carbonyl (C=O) groups excluding carboxylic acids is 2. The molecular weight excluding hydrogens is 379 g/mol. The lowest BCUT2D eigenvalue weighted by Crippen LogP contribution is -2.07. The number of esters is 1. The minimum absolute atomic E-state index is 0.00714. The van der Waals surface area contributed by atoms with E-state index < -0.39 is 11.6 Å². The first-order valence-corrected chi connectivity index (χ1v) is 9.57. The van der Waals surface area contributed by atoms with Crippen molar-refractivity contribution in [3.63, 3.8) is 0 Å². The van der Waals surface area contributed by atoms with Crippen molar-refractivity contribution in [2.75, 3.05) is 13.7 Å². The Balaban J connectivity index is 2.02. The van der Waals surface area contributed by atoms with Crippen LogP contribution in [0.15, 0.2) is 54.6 Å². The molecular formula is C22H19FO4S. The van der Waals surface area contributed by atoms with Crippen molar-refractivity contribution >= 4 is 23.1 Å². The fraction of sp³-hybridized carbons (Fsp3) is 0.182. The van der Waals surface area contributed by atoms with E-state index in [0.29, 0.717) is 16.2 Å². The van der Waals surface area contributed by atoms with E-state index in [2.05, 4.69) is 0 Å². The third-order valence-electron chi connectivity index (χ3n) is 4.14. The second-order valence-corrected chi connectivity index (χ2v) is 7.04. The molecule has 0 unspecified atom stereocenters. The van der Waals surface area contributed by atoms with Crippen molar-refractivity contribution in [2.24, 2.45) is 0 Å². The molecule has 0 saturated carbocycles. The maximum atomic E-state index is 14.0. The van der Waals surface area contributed by atoms with Gasteiger partial charge in [0.1, 0.15) is 11.6 Å². The Bertz CT molecular complexity index is 992. The molecule has 3 rings (SSSR count). The van der Waals surface area contributed by atoms with Crippen LogP contribution < -0.4 is 4.74 Å². The number of benzene rings is 2. The van der Waals surface area contributed by atoms with Gasteiger partial charge in [0.15, 0.2) is 0 Å². The third-order valence-corrected chi connectivity index (χ3v) is 5.37. The topological polar surface area (TPSA) is 52.6 Å². The predicted octanol–water partition coefficient (Wildman–Crippen LogP) is 4.90. The lowest BCUT2D eigenvalue weighted by molar-refractivity contribution is -0.142. The van der Waals surface area contributed by atoms with Crippen molar-refractivity contribution in [3.8, 4) is 16.2 Å². The fourth-order valence-corrected chi connectivity index (χ4v) is 3.94. The van der Waals surface area contributed by atoms with Crippen LogP contribution in [0.3, 0.4) is 0 Å². The lowest BCUT2D eigenvalue weighted by atomic mass is 10.0. The van der Waals surface area contributed by atoms with Crippen molar-refractivity contribution < 1.29 is 23.5 Å². The molecule has 0 spiro atoms. The molecule has 4 nitrogen and oxygen atoms in total. The summed E-state index contributed by atoms with van der Waals surface area (Å²) in [7, 11) is 1.58. The van der Waals surface area contributed by atoms with Crippen LogP contribution in [0.4, 0.5) is 4.39 Å². The standard InChI is InChI=1S/C22H19FO4S/c1-3-27-20(24)13-15-12-19(21(25)17-6-4-5-7-18(17)23)28-22(15)14-8-10-16(26-2)11-9-14/h4-12H,3,13H2,1-2H3. The minimum Gasteiger partial charge on any atom is -0.497 e. The van der Waals surface area contributed by atoms with Crippen LogP contribution in [0.1, 0.15) is 27.7 Å². The van der Waals surface area contributed by atoms with Crippen LogP contribution in [-0.2, 0) is 16.0 Å². The fourth-order valence-electron chi connectivity index (χ4n) is 2.80. The monoisotopic (exact) mass is 398 g/mol. The van der Waals surface area contributed by atoms with E-state index in [1.54, 1.807) is 26.2 Å². The van der Waals surface area contributed by atoms with E-state index in [1.807, 2.05) is 24.3 Å². The van der Waals surface area contributed by atoms with Gasteiger partial charge in [-0.15, -0.1) is 11.3 Å². The van der Waals surface area contributed by atoms with Gasteiger partial charge in [-0.2, -0.15) is 0 Å². The molecule has 6 heteroatoms. The second kappa shape index (κ2) is 8.80. The molecule has 0 saturated heterocycles. The Labute approximate surface area is 166 Å². The molecule has 0 N–H and O–H groups in total. The second-order valence-electron chi connectivity index (χ2n) is 5.98. The summed E-state index contributed by atoms with van der Waals surface area (Å²) in [5.74, 6) is -0.651. The summed E-state index contributed by atoms with van der Waals surface area (Å²) in [6.45, 7) is 2.02. The first kappa shape index (κ1) is 19.8. The largest absolute Gasteiger partial charge is 0.497 e. The molecule has 144 valence electrons. The molecule has 2 aromatic carbocycles. The quantitative estimate of drug-likeness (QED) is 0.420. The number of methoxy groups -OCH3 is 1. The highest BCUT2D eigenvalue weighted by atomic mass is 32.1. The molecule has 0 aliphatic carbocycles. The van der Waals surface area contributed by atoms with E-state index in [0.717, 1.165) is 10.4 Å². The third kappa shape index (κ3) is 4.28. The zero-order chi connectivity index (χ0) is 20.1. The Hall–Kier alpha value is -2.99. The van der Waals surface area contributed by atoms with Gasteiger partial charge in [0.25, 0.3) is 0 Å². The maximum Gasteiger partial charge on any atom is 0.310 e. The molecule has 0 amide bonds. The van der Waals surface area contributed by atoms with E-state index in [-0.39, 0.29) is 24.6 Å². The van der Waals surface area contributed by atoms with Gasteiger partial charge in [-0.1, -0.05) is 12.1 Å². The van der Waals surface area contributed by atoms with E-state index in [9.17, 15) is 14.0 Å². The van der Waals surface area contributed by atoms with E-state index in [4.69, 9.17) is 9.47 Å². The number of hydrogen-bond acceptors (Lipinski definition) is 5. The maximum absolute atomic E-state index is 14.0. The summed E-state index contributed by atoms with van der Waals surface area (Å²) in [5.41, 5.74) is 1.53. The summed E-state index contributed by atoms with van der Waals surface area (Å²) in [5, 5.41) is 0. The SMILES string of the molecule is CCOC(=O)Cc1cc(C(=O)c2ccccc2F)sc1-c1ccc(OC)cc1. The average Bonchev–Trinajstić information content (AvgIpc) is 3.11. The average molecular weight is 398 g/mol. The van der Waals surface area contributed by atoms with Crippen molar-refractivity contribution in [2.45, 2.75) is 13.3 Å². The zero-order valence-electron chi connectivity index (χ0n) is 15.5. The molecule has 0 aliphatic heterocycles. The van der Waals surface area contributed by atoms with Crippen LogP contribution >= 0.6 is 11.3 Å². The van der Waals surface area contributed by atoms with Crippen molar-refractivity contribution in [1.82, 2.24) is 0 Å². The smallest absolute Gasteiger partial charge is 0.310 e. The van der Waals surface area contributed by atoms with Gasteiger partial charge in [-0.05, 0) is 60.5 Å². The number of rotatable bonds is 7. The molecule has 1 heterocycles. The Morgan fingerprint density at radius 3 is 2.43 bits per heavy atom. The Kier molecular flexibility index (Phi) is 6.21. The summed E-state index contributed by atoms with van der Waals surface area (Å²) in [4.78, 5) is 26.0. The summed E-state index contributed by atoms with van der Waals surface area (Å²) in [6, 6.07) is 14.8. The number of thiophene rings is 1. The van der Waals surface area contributed by atoms with Crippen molar-refractivity contribution in [1.29, 1.82) is 0 Å². The molecule has 1 aromatic heterocycles. The molecule has 0 fully saturated rings. The van der Waals surface area contributed by atoms with Gasteiger partial charge >= 0.3 is 5.97 Å². The first-order chi connectivity index (χ1) is 13.5. The van der Waals surface area contributed by atoms with Gasteiger partial charge in [0.05, 0.1) is 30.6 Å². The highest BCUT2D eigenvalue weighted by Gasteiger charge is 2.21. The van der Waals surface area contributed by atoms with Crippen LogP contribution in [0, 0.1) is 5.82 Å². The summed E-state index contributed by atoms with van der Waals surface area (Å²) in [6.07, 6.45) is 0.0380. The number of ketones is 1. The normalized spacial score (nSPS) is 10.5. The highest BCUT2D eigenvalue weighted by Crippen LogP contribution is 2.35. The van der Waals surface area contributed by atoms with Gasteiger partial charge in [-0.25, -0.2) is 4.39 Å². The highest BCUT2D eigenvalue weighted by molar-refractivity contribution is 7.17. The van der Waals surface area contributed by atoms with Gasteiger partial charge in [0.2, 0.25) is 5.78 Å². The minimum atomic E-state index is -0.571. The number of halogens is 1. The Morgan fingerprint density at radius 2 is 1.79 bits per heavy atom. The lowest BCUT2D eigenvalue weighted by Gasteiger charge is -2.05. The molecule has 3 aromatic rings. The Morgan fingerprint density at radius 1 is 1.07 bits per heavy atom. The number of ether oxygens (including phenoxy) is 2. The van der Waals surface area contributed by atoms with E-state index in [1.165, 1.54) is 29.5 Å². The first-order valence-electron chi connectivity index (χ1n) is 8.75. The molecule has 0 atom stereocenters. The van der Waals surface area contributed by atoms with Crippen LogP contribution in [-0.4, -0.2) is 25.5 Å². The number of hydrogen-bond donors (Lipinski definition) is 0. The predicted molar refractivity (Wildman–Crippen MR) is 106 cm³/mol. The van der Waals surface area contributed by atoms with Crippen LogP contribution in [0.5, 0.6) is 5.75 Å². The van der Waals surface area contributed by atoms with E-state index >= 15 is 0 Å². The van der Waals surface area contributed by atoms with Crippen molar-refractivity contribution in [3.05, 3.63) is 76.4 Å². The van der Waals surface area contributed by atoms with Crippen LogP contribution in [0.25, 0.3) is 10.4 Å². The molecule has 28 heavy (non-hydrogen) atoms. The summed E-state index contributed by atoms with van der Waals surface area (Å²) >= 11 is 1.23.